The van der Waals surface area contributed by atoms with Gasteiger partial charge in [-0.05, 0) is 57.7 Å². The standard InChI is InChI=1S/C20H27N5O2/c1-20(2,26)7-9-24-13-14-11-16(21)15(12-17(14)23-24)18-6-8-22-25(18)19-5-3-4-10-27-19/h6,8,11-13,19,26H,3-5,7,9-10,21H2,1-2H3. The molecule has 0 amide bonds. The van der Waals surface area contributed by atoms with Crippen molar-refractivity contribution in [3.8, 4) is 11.3 Å². The Hall–Kier alpha value is -2.38. The molecular weight excluding hydrogens is 342 g/mol. The molecule has 3 aromatic rings. The number of nitrogen functional groups attached to an aromatic ring is 1. The first-order valence-electron chi connectivity index (χ1n) is 9.55. The van der Waals surface area contributed by atoms with E-state index >= 15 is 0 Å². The number of ether oxygens (including phenoxy) is 1. The van der Waals surface area contributed by atoms with Crippen molar-refractivity contribution in [2.24, 2.45) is 0 Å². The molecule has 1 saturated heterocycles. The van der Waals surface area contributed by atoms with Crippen LogP contribution in [-0.4, -0.2) is 36.9 Å². The molecule has 2 aromatic heterocycles. The lowest BCUT2D eigenvalue weighted by Gasteiger charge is -2.24. The Morgan fingerprint density at radius 1 is 1.33 bits per heavy atom. The van der Waals surface area contributed by atoms with Gasteiger partial charge in [-0.25, -0.2) is 4.68 Å². The number of hydrogen-bond donors (Lipinski definition) is 2. The molecule has 1 unspecified atom stereocenters. The first kappa shape index (κ1) is 18.0. The summed E-state index contributed by atoms with van der Waals surface area (Å²) in [5.41, 5.74) is 9.10. The lowest BCUT2D eigenvalue weighted by molar-refractivity contribution is -0.0383. The lowest BCUT2D eigenvalue weighted by Crippen LogP contribution is -2.21. The molecule has 3 heterocycles. The van der Waals surface area contributed by atoms with E-state index in [1.165, 1.54) is 0 Å². The molecular formula is C20H27N5O2. The molecule has 7 heteroatoms. The molecule has 0 spiro atoms. The maximum absolute atomic E-state index is 9.94. The molecule has 4 rings (SSSR count). The second-order valence-electron chi connectivity index (χ2n) is 7.94. The highest BCUT2D eigenvalue weighted by Gasteiger charge is 2.21. The van der Waals surface area contributed by atoms with Crippen LogP contribution in [0.4, 0.5) is 5.69 Å². The van der Waals surface area contributed by atoms with Gasteiger partial charge in [0.2, 0.25) is 0 Å². The molecule has 1 aliphatic rings. The molecule has 144 valence electrons. The molecule has 1 atom stereocenters. The van der Waals surface area contributed by atoms with Crippen LogP contribution in [0.5, 0.6) is 0 Å². The number of rotatable bonds is 5. The fourth-order valence-electron chi connectivity index (χ4n) is 3.54. The van der Waals surface area contributed by atoms with Gasteiger partial charge in [-0.3, -0.25) is 4.68 Å². The van der Waals surface area contributed by atoms with Crippen molar-refractivity contribution < 1.29 is 9.84 Å². The van der Waals surface area contributed by atoms with E-state index in [2.05, 4.69) is 10.2 Å². The molecule has 7 nitrogen and oxygen atoms in total. The van der Waals surface area contributed by atoms with Crippen molar-refractivity contribution >= 4 is 16.6 Å². The van der Waals surface area contributed by atoms with Crippen LogP contribution < -0.4 is 5.73 Å². The first-order valence-corrected chi connectivity index (χ1v) is 9.55. The SMILES string of the molecule is CC(C)(O)CCn1cc2cc(N)c(-c3ccnn3C3CCCCO3)cc2n1. The van der Waals surface area contributed by atoms with Gasteiger partial charge in [0.25, 0.3) is 0 Å². The van der Waals surface area contributed by atoms with E-state index in [1.807, 2.05) is 33.8 Å². The van der Waals surface area contributed by atoms with Gasteiger partial charge in [-0.15, -0.1) is 0 Å². The fourth-order valence-corrected chi connectivity index (χ4v) is 3.54. The molecule has 1 aliphatic heterocycles. The fraction of sp³-hybridized carbons (Fsp3) is 0.500. The zero-order chi connectivity index (χ0) is 19.0. The monoisotopic (exact) mass is 369 g/mol. The van der Waals surface area contributed by atoms with Crippen LogP contribution in [0.15, 0.2) is 30.6 Å². The Bertz CT molecular complexity index is 932. The number of benzene rings is 1. The van der Waals surface area contributed by atoms with Crippen molar-refractivity contribution in [3.05, 3.63) is 30.6 Å². The zero-order valence-electron chi connectivity index (χ0n) is 15.9. The summed E-state index contributed by atoms with van der Waals surface area (Å²) in [4.78, 5) is 0. The minimum absolute atomic E-state index is 0.0387. The topological polar surface area (TPSA) is 91.1 Å². The Balaban J connectivity index is 1.67. The smallest absolute Gasteiger partial charge is 0.150 e. The molecule has 3 N–H and O–H groups in total. The highest BCUT2D eigenvalue weighted by Crippen LogP contribution is 2.33. The average molecular weight is 369 g/mol. The normalized spacial score (nSPS) is 18.3. The van der Waals surface area contributed by atoms with Gasteiger partial charge in [0.15, 0.2) is 6.23 Å². The molecule has 0 aliphatic carbocycles. The van der Waals surface area contributed by atoms with E-state index in [-0.39, 0.29) is 6.23 Å². The molecule has 0 bridgehead atoms. The second-order valence-corrected chi connectivity index (χ2v) is 7.94. The third-order valence-corrected chi connectivity index (χ3v) is 5.05. The van der Waals surface area contributed by atoms with Crippen LogP contribution in [0.25, 0.3) is 22.2 Å². The van der Waals surface area contributed by atoms with E-state index in [0.717, 1.165) is 48.0 Å². The van der Waals surface area contributed by atoms with Crippen molar-refractivity contribution in [1.29, 1.82) is 0 Å². The third kappa shape index (κ3) is 3.84. The Labute approximate surface area is 158 Å². The molecule has 1 fully saturated rings. The van der Waals surface area contributed by atoms with E-state index in [4.69, 9.17) is 10.5 Å². The van der Waals surface area contributed by atoms with E-state index in [9.17, 15) is 5.11 Å². The summed E-state index contributed by atoms with van der Waals surface area (Å²) < 4.78 is 9.70. The summed E-state index contributed by atoms with van der Waals surface area (Å²) in [6.45, 7) is 5.03. The highest BCUT2D eigenvalue weighted by atomic mass is 16.5. The second kappa shape index (κ2) is 6.98. The molecule has 1 aromatic carbocycles. The quantitative estimate of drug-likeness (QED) is 0.673. The number of hydrogen-bond acceptors (Lipinski definition) is 5. The predicted molar refractivity (Wildman–Crippen MR) is 105 cm³/mol. The largest absolute Gasteiger partial charge is 0.398 e. The maximum Gasteiger partial charge on any atom is 0.150 e. The van der Waals surface area contributed by atoms with Crippen LogP contribution in [-0.2, 0) is 11.3 Å². The number of aryl methyl sites for hydroxylation is 1. The van der Waals surface area contributed by atoms with Crippen molar-refractivity contribution in [3.63, 3.8) is 0 Å². The van der Waals surface area contributed by atoms with E-state index in [0.29, 0.717) is 18.7 Å². The maximum atomic E-state index is 9.94. The zero-order valence-corrected chi connectivity index (χ0v) is 15.9. The Kier molecular flexibility index (Phi) is 4.65. The van der Waals surface area contributed by atoms with Crippen molar-refractivity contribution in [2.45, 2.75) is 57.9 Å². The van der Waals surface area contributed by atoms with Crippen LogP contribution in [0.2, 0.25) is 0 Å². The predicted octanol–water partition coefficient (Wildman–Crippen LogP) is 3.34. The summed E-state index contributed by atoms with van der Waals surface area (Å²) in [5, 5.41) is 20.1. The highest BCUT2D eigenvalue weighted by molar-refractivity contribution is 5.90. The number of nitrogens with two attached hydrogens (primary N) is 1. The average Bonchev–Trinajstić information content (AvgIpc) is 3.25. The number of aromatic nitrogens is 4. The third-order valence-electron chi connectivity index (χ3n) is 5.05. The number of aliphatic hydroxyl groups is 1. The van der Waals surface area contributed by atoms with Gasteiger partial charge < -0.3 is 15.6 Å². The summed E-state index contributed by atoms with van der Waals surface area (Å²) in [5.74, 6) is 0. The summed E-state index contributed by atoms with van der Waals surface area (Å²) in [7, 11) is 0. The summed E-state index contributed by atoms with van der Waals surface area (Å²) in [6, 6.07) is 5.94. The number of nitrogens with zero attached hydrogens (tertiary/aromatic N) is 4. The van der Waals surface area contributed by atoms with Gasteiger partial charge >= 0.3 is 0 Å². The Morgan fingerprint density at radius 2 is 2.19 bits per heavy atom. The molecule has 0 saturated carbocycles. The summed E-state index contributed by atoms with van der Waals surface area (Å²) >= 11 is 0. The van der Waals surface area contributed by atoms with Crippen LogP contribution in [0.1, 0.15) is 45.8 Å². The van der Waals surface area contributed by atoms with Gasteiger partial charge in [-0.2, -0.15) is 10.2 Å². The van der Waals surface area contributed by atoms with E-state index < -0.39 is 5.60 Å². The van der Waals surface area contributed by atoms with Crippen LogP contribution >= 0.6 is 0 Å². The minimum Gasteiger partial charge on any atom is -0.398 e. The van der Waals surface area contributed by atoms with Gasteiger partial charge in [-0.1, -0.05) is 0 Å². The van der Waals surface area contributed by atoms with Crippen molar-refractivity contribution in [2.75, 3.05) is 12.3 Å². The minimum atomic E-state index is -0.713. The van der Waals surface area contributed by atoms with Crippen LogP contribution in [0.3, 0.4) is 0 Å². The molecule has 0 radical (unpaired) electrons. The number of anilines is 1. The van der Waals surface area contributed by atoms with Crippen LogP contribution in [0, 0.1) is 0 Å². The number of fused-ring (bicyclic) bond motifs is 1. The Morgan fingerprint density at radius 3 is 2.93 bits per heavy atom. The van der Waals surface area contributed by atoms with E-state index in [1.54, 1.807) is 20.0 Å². The van der Waals surface area contributed by atoms with Gasteiger partial charge in [0, 0.05) is 42.2 Å². The van der Waals surface area contributed by atoms with Crippen molar-refractivity contribution in [1.82, 2.24) is 19.6 Å². The first-order chi connectivity index (χ1) is 12.9. The summed E-state index contributed by atoms with van der Waals surface area (Å²) in [6.07, 6.45) is 7.56. The molecule has 27 heavy (non-hydrogen) atoms. The van der Waals surface area contributed by atoms with Gasteiger partial charge in [0.05, 0.1) is 16.8 Å². The lowest BCUT2D eigenvalue weighted by atomic mass is 10.1. The van der Waals surface area contributed by atoms with Gasteiger partial charge in [0.1, 0.15) is 0 Å².